The third kappa shape index (κ3) is 5.09. The van der Waals surface area contributed by atoms with E-state index in [1.807, 2.05) is 23.1 Å². The first-order valence-electron chi connectivity index (χ1n) is 8.24. The largest absolute Gasteiger partial charge is 0.480 e. The van der Waals surface area contributed by atoms with Crippen molar-refractivity contribution >= 4 is 17.7 Å². The van der Waals surface area contributed by atoms with Crippen molar-refractivity contribution in [2.75, 3.05) is 26.0 Å². The summed E-state index contributed by atoms with van der Waals surface area (Å²) in [5.41, 5.74) is 0. The number of thioether (sulfide) groups is 1. The van der Waals surface area contributed by atoms with Crippen LogP contribution in [0.2, 0.25) is 0 Å². The van der Waals surface area contributed by atoms with E-state index >= 15 is 0 Å². The average Bonchev–Trinajstić information content (AvgIpc) is 3.12. The summed E-state index contributed by atoms with van der Waals surface area (Å²) >= 11 is 1.71. The number of carbonyl (C=O) groups is 1. The Morgan fingerprint density at radius 1 is 1.20 bits per heavy atom. The maximum Gasteiger partial charge on any atom is 0.233 e. The van der Waals surface area contributed by atoms with Crippen LogP contribution in [-0.2, 0) is 4.79 Å². The number of amides is 1. The molecule has 0 radical (unpaired) electrons. The summed E-state index contributed by atoms with van der Waals surface area (Å²) in [4.78, 5) is 15.4. The van der Waals surface area contributed by atoms with E-state index in [0.717, 1.165) is 18.7 Å². The molecule has 0 bridgehead atoms. The third-order valence-electron chi connectivity index (χ3n) is 3.94. The van der Waals surface area contributed by atoms with Crippen molar-refractivity contribution in [1.29, 1.82) is 0 Å². The Balaban J connectivity index is 1.41. The molecule has 2 heterocycles. The summed E-state index contributed by atoms with van der Waals surface area (Å²) in [5, 5.41) is 7.84. The van der Waals surface area contributed by atoms with Gasteiger partial charge in [-0.15, -0.1) is 22.0 Å². The van der Waals surface area contributed by atoms with Gasteiger partial charge in [-0.2, -0.15) is 0 Å². The van der Waals surface area contributed by atoms with Crippen molar-refractivity contribution in [2.24, 2.45) is 0 Å². The number of likely N-dealkylation sites (tertiary alicyclic amines) is 1. The Bertz CT molecular complexity index is 682. The highest BCUT2D eigenvalue weighted by molar-refractivity contribution is 7.99. The van der Waals surface area contributed by atoms with Gasteiger partial charge in [0.05, 0.1) is 13.7 Å². The zero-order valence-corrected chi connectivity index (χ0v) is 14.9. The second-order valence-electron chi connectivity index (χ2n) is 5.69. The molecule has 1 aliphatic rings. The molecule has 132 valence electrons. The van der Waals surface area contributed by atoms with Gasteiger partial charge < -0.3 is 14.4 Å². The lowest BCUT2D eigenvalue weighted by atomic mass is 10.3. The fourth-order valence-electron chi connectivity index (χ4n) is 2.63. The Labute approximate surface area is 151 Å². The first-order valence-corrected chi connectivity index (χ1v) is 9.23. The fourth-order valence-corrected chi connectivity index (χ4v) is 3.49. The number of aromatic nitrogens is 2. The van der Waals surface area contributed by atoms with Crippen molar-refractivity contribution < 1.29 is 14.3 Å². The van der Waals surface area contributed by atoms with Gasteiger partial charge in [0.25, 0.3) is 0 Å². The van der Waals surface area contributed by atoms with Crippen molar-refractivity contribution in [3.05, 3.63) is 42.5 Å². The molecule has 3 rings (SSSR count). The third-order valence-corrected chi connectivity index (χ3v) is 4.95. The number of nitrogens with zero attached hydrogens (tertiary/aromatic N) is 3. The summed E-state index contributed by atoms with van der Waals surface area (Å²) in [6, 6.07) is 13.6. The van der Waals surface area contributed by atoms with E-state index in [-0.39, 0.29) is 12.0 Å². The molecule has 0 spiro atoms. The molecule has 1 atom stereocenters. The van der Waals surface area contributed by atoms with Gasteiger partial charge in [-0.3, -0.25) is 4.79 Å². The van der Waals surface area contributed by atoms with E-state index < -0.39 is 0 Å². The van der Waals surface area contributed by atoms with Gasteiger partial charge in [0.1, 0.15) is 6.10 Å². The highest BCUT2D eigenvalue weighted by atomic mass is 32.2. The number of methoxy groups -OCH3 is 1. The highest BCUT2D eigenvalue weighted by Crippen LogP contribution is 2.21. The van der Waals surface area contributed by atoms with Crippen LogP contribution in [0.1, 0.15) is 12.8 Å². The summed E-state index contributed by atoms with van der Waals surface area (Å²) < 4.78 is 10.8. The molecule has 1 aromatic heterocycles. The molecule has 1 aliphatic heterocycles. The second kappa shape index (κ2) is 8.71. The number of hydrogen-bond acceptors (Lipinski definition) is 6. The normalized spacial score (nSPS) is 16.7. The number of ether oxygens (including phenoxy) is 2. The summed E-state index contributed by atoms with van der Waals surface area (Å²) in [7, 11) is 1.54. The summed E-state index contributed by atoms with van der Waals surface area (Å²) in [5.74, 6) is 1.87. The van der Waals surface area contributed by atoms with Gasteiger partial charge in [-0.25, -0.2) is 0 Å². The predicted octanol–water partition coefficient (Wildman–Crippen LogP) is 2.65. The van der Waals surface area contributed by atoms with Gasteiger partial charge in [0.2, 0.25) is 17.7 Å². The highest BCUT2D eigenvalue weighted by Gasteiger charge is 2.27. The SMILES string of the molecule is COc1ccc(OC2CCN(C(=O)CCSc3ccccc3)C2)nn1. The maximum absolute atomic E-state index is 12.3. The summed E-state index contributed by atoms with van der Waals surface area (Å²) in [6.07, 6.45) is 1.31. The zero-order chi connectivity index (χ0) is 17.5. The predicted molar refractivity (Wildman–Crippen MR) is 96.0 cm³/mol. The van der Waals surface area contributed by atoms with E-state index in [9.17, 15) is 4.79 Å². The second-order valence-corrected chi connectivity index (χ2v) is 6.86. The van der Waals surface area contributed by atoms with E-state index in [0.29, 0.717) is 24.7 Å². The topological polar surface area (TPSA) is 64.6 Å². The average molecular weight is 359 g/mol. The van der Waals surface area contributed by atoms with Gasteiger partial charge in [0, 0.05) is 42.2 Å². The molecule has 7 heteroatoms. The lowest BCUT2D eigenvalue weighted by Gasteiger charge is -2.16. The molecular weight excluding hydrogens is 338 g/mol. The van der Waals surface area contributed by atoms with E-state index in [1.54, 1.807) is 31.0 Å². The molecule has 1 aromatic carbocycles. The smallest absolute Gasteiger partial charge is 0.233 e. The van der Waals surface area contributed by atoms with Crippen LogP contribution in [0.3, 0.4) is 0 Å². The van der Waals surface area contributed by atoms with Crippen LogP contribution in [0, 0.1) is 0 Å². The molecule has 2 aromatic rings. The Hall–Kier alpha value is -2.28. The number of carbonyl (C=O) groups excluding carboxylic acids is 1. The fraction of sp³-hybridized carbons (Fsp3) is 0.389. The number of benzene rings is 1. The quantitative estimate of drug-likeness (QED) is 0.708. The van der Waals surface area contributed by atoms with Crippen LogP contribution < -0.4 is 9.47 Å². The Morgan fingerprint density at radius 3 is 2.68 bits per heavy atom. The molecule has 0 aliphatic carbocycles. The van der Waals surface area contributed by atoms with E-state index in [1.165, 1.54) is 4.90 Å². The van der Waals surface area contributed by atoms with Crippen LogP contribution >= 0.6 is 11.8 Å². The molecule has 25 heavy (non-hydrogen) atoms. The molecule has 0 saturated carbocycles. The van der Waals surface area contributed by atoms with Crippen LogP contribution in [0.25, 0.3) is 0 Å². The molecule has 1 amide bonds. The number of hydrogen-bond donors (Lipinski definition) is 0. The van der Waals surface area contributed by atoms with Gasteiger partial charge in [-0.1, -0.05) is 18.2 Å². The molecule has 6 nitrogen and oxygen atoms in total. The lowest BCUT2D eigenvalue weighted by molar-refractivity contribution is -0.129. The molecule has 0 N–H and O–H groups in total. The Kier molecular flexibility index (Phi) is 6.11. The van der Waals surface area contributed by atoms with Crippen LogP contribution in [0.5, 0.6) is 11.8 Å². The van der Waals surface area contributed by atoms with Crippen molar-refractivity contribution in [1.82, 2.24) is 15.1 Å². The van der Waals surface area contributed by atoms with E-state index in [2.05, 4.69) is 22.3 Å². The Morgan fingerprint density at radius 2 is 1.96 bits per heavy atom. The summed E-state index contributed by atoms with van der Waals surface area (Å²) in [6.45, 7) is 1.33. The van der Waals surface area contributed by atoms with Crippen LogP contribution in [0.4, 0.5) is 0 Å². The minimum Gasteiger partial charge on any atom is -0.480 e. The first-order chi connectivity index (χ1) is 12.2. The minimum atomic E-state index is -0.0339. The minimum absolute atomic E-state index is 0.0339. The standard InChI is InChI=1S/C18H21N3O3S/c1-23-16-7-8-17(20-19-16)24-14-9-11-21(13-14)18(22)10-12-25-15-5-3-2-4-6-15/h2-8,14H,9-13H2,1H3. The molecule has 1 unspecified atom stereocenters. The molecule has 1 saturated heterocycles. The van der Waals surface area contributed by atoms with Gasteiger partial charge in [-0.05, 0) is 12.1 Å². The van der Waals surface area contributed by atoms with Gasteiger partial charge in [0.15, 0.2) is 0 Å². The van der Waals surface area contributed by atoms with Crippen molar-refractivity contribution in [2.45, 2.75) is 23.8 Å². The molecular formula is C18H21N3O3S. The molecule has 1 fully saturated rings. The van der Waals surface area contributed by atoms with Crippen LogP contribution in [0.15, 0.2) is 47.4 Å². The zero-order valence-electron chi connectivity index (χ0n) is 14.1. The van der Waals surface area contributed by atoms with Crippen molar-refractivity contribution in [3.63, 3.8) is 0 Å². The van der Waals surface area contributed by atoms with Crippen LogP contribution in [-0.4, -0.2) is 53.1 Å². The lowest BCUT2D eigenvalue weighted by Crippen LogP contribution is -2.31. The van der Waals surface area contributed by atoms with Crippen molar-refractivity contribution in [3.8, 4) is 11.8 Å². The first kappa shape index (κ1) is 17.5. The monoisotopic (exact) mass is 359 g/mol. The maximum atomic E-state index is 12.3. The van der Waals surface area contributed by atoms with E-state index in [4.69, 9.17) is 9.47 Å². The van der Waals surface area contributed by atoms with Gasteiger partial charge >= 0.3 is 0 Å². The number of rotatable bonds is 7.